The van der Waals surface area contributed by atoms with Gasteiger partial charge in [0.1, 0.15) is 11.6 Å². The summed E-state index contributed by atoms with van der Waals surface area (Å²) >= 11 is 5.91. The lowest BCUT2D eigenvalue weighted by Crippen LogP contribution is -2.59. The molecule has 2 saturated heterocycles. The fourth-order valence-electron chi connectivity index (χ4n) is 6.25. The third-order valence-corrected chi connectivity index (χ3v) is 8.84. The van der Waals surface area contributed by atoms with Gasteiger partial charge in [-0.3, -0.25) is 24.0 Å². The van der Waals surface area contributed by atoms with Crippen LogP contribution in [0.5, 0.6) is 0 Å². The van der Waals surface area contributed by atoms with E-state index in [0.717, 1.165) is 44.5 Å². The van der Waals surface area contributed by atoms with Gasteiger partial charge in [-0.05, 0) is 57.0 Å². The first-order valence-electron chi connectivity index (χ1n) is 14.7. The Morgan fingerprint density at radius 1 is 1.17 bits per heavy atom. The van der Waals surface area contributed by atoms with E-state index in [4.69, 9.17) is 11.6 Å². The van der Waals surface area contributed by atoms with Gasteiger partial charge >= 0.3 is 0 Å². The zero-order valence-corrected chi connectivity index (χ0v) is 25.2. The first-order valence-corrected chi connectivity index (χ1v) is 15.1. The number of nitrogens with zero attached hydrogens (tertiary/aromatic N) is 6. The highest BCUT2D eigenvalue weighted by Gasteiger charge is 2.34. The molecule has 2 fully saturated rings. The fraction of sp³-hybridized carbons (Fsp3) is 0.484. The molecule has 0 saturated carbocycles. The number of halogens is 2. The van der Waals surface area contributed by atoms with Crippen molar-refractivity contribution in [3.63, 3.8) is 0 Å². The van der Waals surface area contributed by atoms with Crippen LogP contribution in [0.3, 0.4) is 0 Å². The SMILES string of the molecule is C=CC(=C)Cc1nc2nc(N3CCN(C4CCN(Cc5ccc(Cl)cc5F)CC4)[C@@H](CC)C3)c(=O)[nH]c2c(=O)n1CC. The van der Waals surface area contributed by atoms with Crippen LogP contribution in [0.25, 0.3) is 11.2 Å². The Balaban J connectivity index is 1.29. The van der Waals surface area contributed by atoms with Crippen molar-refractivity contribution in [3.05, 3.63) is 85.9 Å². The van der Waals surface area contributed by atoms with E-state index in [2.05, 4.69) is 44.8 Å². The third-order valence-electron chi connectivity index (χ3n) is 8.61. The van der Waals surface area contributed by atoms with E-state index in [1.54, 1.807) is 18.2 Å². The molecular formula is C31H39ClFN7O2. The maximum atomic E-state index is 14.3. The largest absolute Gasteiger partial charge is 0.349 e. The van der Waals surface area contributed by atoms with Crippen LogP contribution in [0.1, 0.15) is 44.5 Å². The van der Waals surface area contributed by atoms with E-state index in [9.17, 15) is 14.0 Å². The third kappa shape index (κ3) is 6.21. The van der Waals surface area contributed by atoms with Crippen LogP contribution in [0.4, 0.5) is 10.2 Å². The summed E-state index contributed by atoms with van der Waals surface area (Å²) in [5.74, 6) is 0.593. The second-order valence-corrected chi connectivity index (χ2v) is 11.6. The molecule has 3 aromatic rings. The Kier molecular flexibility index (Phi) is 9.25. The molecule has 1 aromatic carbocycles. The van der Waals surface area contributed by atoms with Crippen LogP contribution in [0.2, 0.25) is 5.02 Å². The highest BCUT2D eigenvalue weighted by molar-refractivity contribution is 6.30. The molecule has 0 bridgehead atoms. The number of benzene rings is 1. The molecule has 0 amide bonds. The minimum absolute atomic E-state index is 0.120. The zero-order chi connectivity index (χ0) is 30.0. The van der Waals surface area contributed by atoms with Gasteiger partial charge in [-0.2, -0.15) is 0 Å². The summed E-state index contributed by atoms with van der Waals surface area (Å²) in [6.07, 6.45) is 4.98. The van der Waals surface area contributed by atoms with E-state index < -0.39 is 0 Å². The van der Waals surface area contributed by atoms with Crippen LogP contribution in [0.15, 0.2) is 52.6 Å². The summed E-state index contributed by atoms with van der Waals surface area (Å²) in [4.78, 5) is 45.3. The van der Waals surface area contributed by atoms with Crippen molar-refractivity contribution in [2.75, 3.05) is 37.6 Å². The van der Waals surface area contributed by atoms with Gasteiger partial charge in [0.25, 0.3) is 11.1 Å². The number of fused-ring (bicyclic) bond motifs is 1. The molecule has 1 N–H and O–H groups in total. The zero-order valence-electron chi connectivity index (χ0n) is 24.4. The standard InChI is InChI=1S/C31H39ClFN7O2/c1-5-20(4)16-26-34-28-27(31(42)39(26)7-3)35-30(41)29(36-28)38-14-15-40(23(6-2)19-38)24-10-12-37(13-11-24)18-21-8-9-22(32)17-25(21)33/h5,8-9,17,23-24H,1,4,6-7,10-16,18-19H2,2-3H3,(H,35,41)/t23-/m0/s1. The van der Waals surface area contributed by atoms with Gasteiger partial charge in [-0.15, -0.1) is 0 Å². The van der Waals surface area contributed by atoms with Gasteiger partial charge in [-0.25, -0.2) is 14.4 Å². The summed E-state index contributed by atoms with van der Waals surface area (Å²) in [5, 5.41) is 0.413. The van der Waals surface area contributed by atoms with Crippen molar-refractivity contribution in [3.8, 4) is 0 Å². The van der Waals surface area contributed by atoms with Crippen LogP contribution in [-0.4, -0.2) is 74.1 Å². The number of piperidine rings is 1. The number of hydrogen-bond acceptors (Lipinski definition) is 7. The van der Waals surface area contributed by atoms with Crippen LogP contribution < -0.4 is 16.0 Å². The second-order valence-electron chi connectivity index (χ2n) is 11.2. The van der Waals surface area contributed by atoms with E-state index in [-0.39, 0.29) is 34.1 Å². The number of rotatable bonds is 9. The number of H-pyrrole nitrogens is 1. The molecule has 42 heavy (non-hydrogen) atoms. The summed E-state index contributed by atoms with van der Waals surface area (Å²) in [6, 6.07) is 5.57. The average molecular weight is 596 g/mol. The highest BCUT2D eigenvalue weighted by Crippen LogP contribution is 2.26. The molecule has 0 unspecified atom stereocenters. The van der Waals surface area contributed by atoms with Gasteiger partial charge in [0, 0.05) is 61.8 Å². The molecule has 4 heterocycles. The first-order chi connectivity index (χ1) is 20.2. The molecule has 2 aliphatic heterocycles. The Bertz CT molecular complexity index is 1590. The van der Waals surface area contributed by atoms with Gasteiger partial charge in [0.15, 0.2) is 17.0 Å². The molecule has 2 aliphatic rings. The maximum Gasteiger partial charge on any atom is 0.291 e. The van der Waals surface area contributed by atoms with Gasteiger partial charge in [0.2, 0.25) is 0 Å². The molecule has 0 spiro atoms. The van der Waals surface area contributed by atoms with Crippen LogP contribution >= 0.6 is 11.6 Å². The van der Waals surface area contributed by atoms with Crippen LogP contribution in [-0.2, 0) is 19.5 Å². The fourth-order valence-corrected chi connectivity index (χ4v) is 6.41. The van der Waals surface area contributed by atoms with Gasteiger partial charge in [0.05, 0.1) is 0 Å². The maximum absolute atomic E-state index is 14.3. The Morgan fingerprint density at radius 2 is 1.93 bits per heavy atom. The minimum Gasteiger partial charge on any atom is -0.349 e. The lowest BCUT2D eigenvalue weighted by atomic mass is 9.98. The summed E-state index contributed by atoms with van der Waals surface area (Å²) in [5.41, 5.74) is 1.09. The molecule has 11 heteroatoms. The van der Waals surface area contributed by atoms with Crippen molar-refractivity contribution >= 4 is 28.6 Å². The quantitative estimate of drug-likeness (QED) is 0.372. The number of piperazine rings is 1. The Labute approximate surface area is 250 Å². The van der Waals surface area contributed by atoms with Crippen molar-refractivity contribution in [1.82, 2.24) is 29.3 Å². The van der Waals surface area contributed by atoms with Crippen LogP contribution in [0, 0.1) is 5.82 Å². The average Bonchev–Trinajstić information content (AvgIpc) is 2.99. The summed E-state index contributed by atoms with van der Waals surface area (Å²) in [6.45, 7) is 16.7. The number of allylic oxidation sites excluding steroid dienone is 2. The lowest BCUT2D eigenvalue weighted by molar-refractivity contribution is 0.0607. The second kappa shape index (κ2) is 12.9. The van der Waals surface area contributed by atoms with E-state index >= 15 is 0 Å². The molecule has 2 aromatic heterocycles. The normalized spacial score (nSPS) is 19.0. The molecular weight excluding hydrogens is 557 g/mol. The van der Waals surface area contributed by atoms with Gasteiger partial charge < -0.3 is 9.88 Å². The molecule has 5 rings (SSSR count). The number of aromatic amines is 1. The molecule has 1 atom stereocenters. The number of hydrogen-bond donors (Lipinski definition) is 1. The van der Waals surface area contributed by atoms with Gasteiger partial charge in [-0.1, -0.05) is 43.8 Å². The van der Waals surface area contributed by atoms with E-state index in [0.29, 0.717) is 60.9 Å². The molecule has 224 valence electrons. The smallest absolute Gasteiger partial charge is 0.291 e. The Morgan fingerprint density at radius 3 is 2.60 bits per heavy atom. The minimum atomic E-state index is -0.377. The highest BCUT2D eigenvalue weighted by atomic mass is 35.5. The molecule has 0 radical (unpaired) electrons. The summed E-state index contributed by atoms with van der Waals surface area (Å²) < 4.78 is 15.9. The number of aromatic nitrogens is 4. The van der Waals surface area contributed by atoms with Crippen molar-refractivity contribution < 1.29 is 4.39 Å². The van der Waals surface area contributed by atoms with Crippen molar-refractivity contribution in [2.24, 2.45) is 0 Å². The topological polar surface area (TPSA) is 90.4 Å². The lowest BCUT2D eigenvalue weighted by Gasteiger charge is -2.47. The predicted octanol–water partition coefficient (Wildman–Crippen LogP) is 4.14. The number of nitrogens with one attached hydrogen (secondary N) is 1. The van der Waals surface area contributed by atoms with Crippen molar-refractivity contribution in [1.29, 1.82) is 0 Å². The molecule has 9 nitrogen and oxygen atoms in total. The Hall–Kier alpha value is -3.34. The number of anilines is 1. The summed E-state index contributed by atoms with van der Waals surface area (Å²) in [7, 11) is 0. The number of likely N-dealkylation sites (tertiary alicyclic amines) is 1. The predicted molar refractivity (Wildman–Crippen MR) is 166 cm³/mol. The van der Waals surface area contributed by atoms with E-state index in [1.165, 1.54) is 10.6 Å². The monoisotopic (exact) mass is 595 g/mol. The van der Waals surface area contributed by atoms with E-state index in [1.807, 2.05) is 11.8 Å². The first kappa shape index (κ1) is 30.1. The van der Waals surface area contributed by atoms with Crippen molar-refractivity contribution in [2.45, 2.75) is 64.7 Å². The molecule has 0 aliphatic carbocycles.